The third kappa shape index (κ3) is 4.12. The Bertz CT molecular complexity index is 321. The van der Waals surface area contributed by atoms with E-state index in [4.69, 9.17) is 0 Å². The maximum Gasteiger partial charge on any atom is 0.0856 e. The second-order valence-electron chi connectivity index (χ2n) is 4.63. The minimum Gasteiger partial charge on any atom is -0.281 e. The van der Waals surface area contributed by atoms with E-state index in [9.17, 15) is 0 Å². The van der Waals surface area contributed by atoms with Crippen LogP contribution >= 0.6 is 11.8 Å². The highest BCUT2D eigenvalue weighted by Gasteiger charge is 2.15. The van der Waals surface area contributed by atoms with E-state index in [0.29, 0.717) is 0 Å². The van der Waals surface area contributed by atoms with E-state index in [1.807, 2.05) is 11.8 Å². The highest BCUT2D eigenvalue weighted by molar-refractivity contribution is 8.02. The van der Waals surface area contributed by atoms with Crippen molar-refractivity contribution < 1.29 is 0 Å². The highest BCUT2D eigenvalue weighted by Crippen LogP contribution is 2.20. The Hall–Kier alpha value is -0.700. The van der Waals surface area contributed by atoms with Crippen LogP contribution in [0.1, 0.15) is 45.5 Å². The van der Waals surface area contributed by atoms with Crippen LogP contribution in [0, 0.1) is 0 Å². The maximum atomic E-state index is 4.26. The molecule has 0 saturated heterocycles. The van der Waals surface area contributed by atoms with Crippen molar-refractivity contribution in [2.75, 3.05) is 5.75 Å². The largest absolute Gasteiger partial charge is 0.281 e. The summed E-state index contributed by atoms with van der Waals surface area (Å²) in [6, 6.07) is 2.11. The van der Waals surface area contributed by atoms with E-state index in [-0.39, 0.29) is 5.41 Å². The summed E-state index contributed by atoms with van der Waals surface area (Å²) >= 11 is 1.83. The predicted molar refractivity (Wildman–Crippen MR) is 69.1 cm³/mol. The van der Waals surface area contributed by atoms with Gasteiger partial charge in [0.25, 0.3) is 0 Å². The number of aromatic amines is 1. The van der Waals surface area contributed by atoms with Crippen LogP contribution in [0.2, 0.25) is 0 Å². The van der Waals surface area contributed by atoms with Crippen molar-refractivity contribution in [3.05, 3.63) is 22.9 Å². The molecule has 0 aliphatic heterocycles. The Morgan fingerprint density at radius 2 is 2.20 bits per heavy atom. The summed E-state index contributed by atoms with van der Waals surface area (Å²) < 4.78 is 0. The average Bonchev–Trinajstić information content (AvgIpc) is 2.60. The van der Waals surface area contributed by atoms with Gasteiger partial charge in [0.15, 0.2) is 0 Å². The van der Waals surface area contributed by atoms with Crippen molar-refractivity contribution in [2.45, 2.75) is 39.5 Å². The van der Waals surface area contributed by atoms with Gasteiger partial charge < -0.3 is 0 Å². The van der Waals surface area contributed by atoms with Gasteiger partial charge in [0.2, 0.25) is 0 Å². The number of nitrogens with one attached hydrogen (secondary N) is 1. The third-order valence-electron chi connectivity index (χ3n) is 2.06. The molecule has 0 atom stereocenters. The molecule has 0 fully saturated rings. The van der Waals surface area contributed by atoms with Crippen LogP contribution in [0.25, 0.3) is 6.08 Å². The topological polar surface area (TPSA) is 28.7 Å². The molecule has 1 heterocycles. The molecule has 0 amide bonds. The first-order valence-electron chi connectivity index (χ1n) is 5.38. The van der Waals surface area contributed by atoms with Gasteiger partial charge >= 0.3 is 0 Å². The second kappa shape index (κ2) is 5.40. The molecule has 0 spiro atoms. The van der Waals surface area contributed by atoms with Crippen LogP contribution in [0.15, 0.2) is 11.5 Å². The molecule has 0 saturated carbocycles. The molecule has 84 valence electrons. The van der Waals surface area contributed by atoms with Gasteiger partial charge in [-0.2, -0.15) is 5.10 Å². The SMILES string of the molecule is CCCSC=Cc1cc(C(C)(C)C)[nH]n1. The minimum atomic E-state index is 0.148. The summed E-state index contributed by atoms with van der Waals surface area (Å²) in [7, 11) is 0. The smallest absolute Gasteiger partial charge is 0.0856 e. The van der Waals surface area contributed by atoms with Gasteiger partial charge in [-0.25, -0.2) is 0 Å². The molecule has 3 heteroatoms. The van der Waals surface area contributed by atoms with Gasteiger partial charge in [0.05, 0.1) is 5.69 Å². The first-order chi connectivity index (χ1) is 7.04. The maximum absolute atomic E-state index is 4.26. The molecule has 0 unspecified atom stereocenters. The number of aromatic nitrogens is 2. The molecule has 1 aromatic heterocycles. The zero-order valence-electron chi connectivity index (χ0n) is 10.0. The van der Waals surface area contributed by atoms with Gasteiger partial charge in [0.1, 0.15) is 0 Å². The molecule has 0 aliphatic carbocycles. The molecule has 0 aliphatic rings. The summed E-state index contributed by atoms with van der Waals surface area (Å²) in [6.07, 6.45) is 3.27. The van der Waals surface area contributed by atoms with E-state index in [1.54, 1.807) is 0 Å². The van der Waals surface area contributed by atoms with Crippen molar-refractivity contribution in [3.8, 4) is 0 Å². The normalized spacial score (nSPS) is 12.5. The minimum absolute atomic E-state index is 0.148. The molecule has 1 rings (SSSR count). The fraction of sp³-hybridized carbons (Fsp3) is 0.583. The Labute approximate surface area is 96.5 Å². The van der Waals surface area contributed by atoms with Gasteiger partial charge in [-0.05, 0) is 29.7 Å². The van der Waals surface area contributed by atoms with E-state index < -0.39 is 0 Å². The Kier molecular flexibility index (Phi) is 4.45. The molecule has 0 aromatic carbocycles. The lowest BCUT2D eigenvalue weighted by Gasteiger charge is -2.14. The zero-order chi connectivity index (χ0) is 11.3. The summed E-state index contributed by atoms with van der Waals surface area (Å²) in [5, 5.41) is 9.45. The van der Waals surface area contributed by atoms with Gasteiger partial charge in [-0.15, -0.1) is 11.8 Å². The quantitative estimate of drug-likeness (QED) is 0.788. The summed E-state index contributed by atoms with van der Waals surface area (Å²) in [6.45, 7) is 8.73. The monoisotopic (exact) mass is 224 g/mol. The lowest BCUT2D eigenvalue weighted by Crippen LogP contribution is -2.11. The molecule has 0 radical (unpaired) electrons. The zero-order valence-corrected chi connectivity index (χ0v) is 10.8. The van der Waals surface area contributed by atoms with Crippen molar-refractivity contribution >= 4 is 17.8 Å². The number of thioether (sulfide) groups is 1. The molecule has 1 aromatic rings. The first-order valence-corrected chi connectivity index (χ1v) is 6.43. The number of H-pyrrole nitrogens is 1. The lowest BCUT2D eigenvalue weighted by molar-refractivity contribution is 0.567. The van der Waals surface area contributed by atoms with E-state index >= 15 is 0 Å². The molecule has 0 bridgehead atoms. The van der Waals surface area contributed by atoms with E-state index in [1.165, 1.54) is 17.9 Å². The molecular weight excluding hydrogens is 204 g/mol. The van der Waals surface area contributed by atoms with Crippen LogP contribution in [0.5, 0.6) is 0 Å². The van der Waals surface area contributed by atoms with Crippen LogP contribution in [0.3, 0.4) is 0 Å². The number of rotatable bonds is 4. The van der Waals surface area contributed by atoms with Crippen LogP contribution in [-0.4, -0.2) is 16.0 Å². The molecule has 1 N–H and O–H groups in total. The van der Waals surface area contributed by atoms with Crippen LogP contribution in [-0.2, 0) is 5.41 Å². The third-order valence-corrected chi connectivity index (χ3v) is 3.04. The predicted octanol–water partition coefficient (Wildman–Crippen LogP) is 3.82. The van der Waals surface area contributed by atoms with Gasteiger partial charge in [-0.1, -0.05) is 27.7 Å². The average molecular weight is 224 g/mol. The van der Waals surface area contributed by atoms with Crippen molar-refractivity contribution in [3.63, 3.8) is 0 Å². The van der Waals surface area contributed by atoms with Crippen molar-refractivity contribution in [2.24, 2.45) is 0 Å². The Balaban J connectivity index is 2.57. The fourth-order valence-corrected chi connectivity index (χ4v) is 1.72. The standard InChI is InChI=1S/C12H20N2S/c1-5-7-15-8-6-10-9-11(14-13-10)12(2,3)4/h6,8-9H,5,7H2,1-4H3,(H,13,14). The summed E-state index contributed by atoms with van der Waals surface area (Å²) in [5.74, 6) is 1.17. The van der Waals surface area contributed by atoms with E-state index in [0.717, 1.165) is 5.69 Å². The Morgan fingerprint density at radius 3 is 2.73 bits per heavy atom. The van der Waals surface area contributed by atoms with E-state index in [2.05, 4.69) is 55.4 Å². The fourth-order valence-electron chi connectivity index (χ4n) is 1.11. The summed E-state index contributed by atoms with van der Waals surface area (Å²) in [4.78, 5) is 0. The Morgan fingerprint density at radius 1 is 1.47 bits per heavy atom. The number of nitrogens with zero attached hydrogens (tertiary/aromatic N) is 1. The number of hydrogen-bond donors (Lipinski definition) is 1. The van der Waals surface area contributed by atoms with Gasteiger partial charge in [-0.3, -0.25) is 5.10 Å². The van der Waals surface area contributed by atoms with Crippen molar-refractivity contribution in [1.29, 1.82) is 0 Å². The first kappa shape index (κ1) is 12.4. The second-order valence-corrected chi connectivity index (χ2v) is 5.64. The molecule has 2 nitrogen and oxygen atoms in total. The highest BCUT2D eigenvalue weighted by atomic mass is 32.2. The summed E-state index contributed by atoms with van der Waals surface area (Å²) in [5.41, 5.74) is 2.35. The van der Waals surface area contributed by atoms with Crippen LogP contribution < -0.4 is 0 Å². The van der Waals surface area contributed by atoms with Crippen LogP contribution in [0.4, 0.5) is 0 Å². The van der Waals surface area contributed by atoms with Gasteiger partial charge in [0, 0.05) is 11.1 Å². The lowest BCUT2D eigenvalue weighted by atomic mass is 9.92. The molecule has 15 heavy (non-hydrogen) atoms. The van der Waals surface area contributed by atoms with Crippen molar-refractivity contribution in [1.82, 2.24) is 10.2 Å². The molecular formula is C12H20N2S. The number of hydrogen-bond acceptors (Lipinski definition) is 2.